The molecular formula is C16H27ClN6O. The third-order valence-corrected chi connectivity index (χ3v) is 5.93. The maximum Gasteiger partial charge on any atom is 0.273 e. The summed E-state index contributed by atoms with van der Waals surface area (Å²) in [6, 6.07) is 1.14. The summed E-state index contributed by atoms with van der Waals surface area (Å²) in [5.74, 6) is 1.32. The Morgan fingerprint density at radius 1 is 1.29 bits per heavy atom. The fraction of sp³-hybridized carbons (Fsp3) is 0.812. The first-order valence-corrected chi connectivity index (χ1v) is 8.86. The van der Waals surface area contributed by atoms with E-state index in [0.29, 0.717) is 35.9 Å². The fourth-order valence-electron chi connectivity index (χ4n) is 4.83. The third-order valence-electron chi connectivity index (χ3n) is 5.93. The average molecular weight is 355 g/mol. The molecule has 134 valence electrons. The van der Waals surface area contributed by atoms with Crippen LogP contribution in [0.4, 0.5) is 0 Å². The molecule has 3 aliphatic rings. The van der Waals surface area contributed by atoms with Crippen molar-refractivity contribution in [2.45, 2.75) is 44.7 Å². The van der Waals surface area contributed by atoms with E-state index < -0.39 is 0 Å². The first kappa shape index (κ1) is 17.6. The van der Waals surface area contributed by atoms with Gasteiger partial charge in [-0.3, -0.25) is 9.69 Å². The Bertz CT molecular complexity index is 579. The van der Waals surface area contributed by atoms with E-state index in [4.69, 9.17) is 0 Å². The number of amides is 1. The Balaban J connectivity index is 0.00000169. The number of carbonyl (C=O) groups excluding carboxylic acids is 1. The lowest BCUT2D eigenvalue weighted by molar-refractivity contribution is -0.0371. The second-order valence-electron chi connectivity index (χ2n) is 7.25. The number of aromatic nitrogens is 3. The van der Waals surface area contributed by atoms with Crippen molar-refractivity contribution in [3.05, 3.63) is 11.4 Å². The van der Waals surface area contributed by atoms with Gasteiger partial charge in [0.2, 0.25) is 0 Å². The van der Waals surface area contributed by atoms with E-state index in [9.17, 15) is 4.79 Å². The minimum Gasteiger partial charge on any atom is -0.349 e. The Labute approximate surface area is 148 Å². The summed E-state index contributed by atoms with van der Waals surface area (Å²) in [6.07, 6.45) is 5.25. The zero-order chi connectivity index (χ0) is 15.8. The number of piperidine rings is 3. The van der Waals surface area contributed by atoms with Crippen molar-refractivity contribution in [1.82, 2.24) is 30.9 Å². The van der Waals surface area contributed by atoms with Crippen molar-refractivity contribution in [2.75, 3.05) is 26.2 Å². The fourth-order valence-corrected chi connectivity index (χ4v) is 4.83. The first-order valence-electron chi connectivity index (χ1n) is 8.86. The number of fused-ring (bicyclic) bond motifs is 4. The van der Waals surface area contributed by atoms with Crippen LogP contribution in [0.3, 0.4) is 0 Å². The highest BCUT2D eigenvalue weighted by Gasteiger charge is 2.45. The Morgan fingerprint density at radius 2 is 2.12 bits per heavy atom. The maximum absolute atomic E-state index is 12.3. The summed E-state index contributed by atoms with van der Waals surface area (Å²) >= 11 is 0. The van der Waals surface area contributed by atoms with Crippen LogP contribution >= 0.6 is 12.4 Å². The molecule has 24 heavy (non-hydrogen) atoms. The lowest BCUT2D eigenvalue weighted by atomic mass is 9.73. The van der Waals surface area contributed by atoms with Crippen LogP contribution in [-0.4, -0.2) is 64.5 Å². The summed E-state index contributed by atoms with van der Waals surface area (Å²) in [6.45, 7) is 5.93. The quantitative estimate of drug-likeness (QED) is 0.745. The zero-order valence-corrected chi connectivity index (χ0v) is 14.9. The molecule has 0 aliphatic carbocycles. The van der Waals surface area contributed by atoms with Gasteiger partial charge in [0.1, 0.15) is 0 Å². The predicted octanol–water partition coefficient (Wildman–Crippen LogP) is 0.727. The largest absolute Gasteiger partial charge is 0.349 e. The van der Waals surface area contributed by atoms with Crippen LogP contribution in [0.15, 0.2) is 0 Å². The molecule has 3 N–H and O–H groups in total. The summed E-state index contributed by atoms with van der Waals surface area (Å²) in [5, 5.41) is 17.1. The topological polar surface area (TPSA) is 85.9 Å². The molecule has 1 amide bonds. The molecule has 1 aromatic heterocycles. The van der Waals surface area contributed by atoms with Gasteiger partial charge in [-0.25, -0.2) is 0 Å². The van der Waals surface area contributed by atoms with Gasteiger partial charge in [0.15, 0.2) is 5.69 Å². The van der Waals surface area contributed by atoms with E-state index >= 15 is 0 Å². The predicted molar refractivity (Wildman–Crippen MR) is 93.3 cm³/mol. The highest BCUT2D eigenvalue weighted by atomic mass is 35.5. The lowest BCUT2D eigenvalue weighted by Gasteiger charge is -2.55. The van der Waals surface area contributed by atoms with Gasteiger partial charge in [-0.1, -0.05) is 6.42 Å². The lowest BCUT2D eigenvalue weighted by Crippen LogP contribution is -2.65. The van der Waals surface area contributed by atoms with Crippen LogP contribution in [-0.2, 0) is 0 Å². The van der Waals surface area contributed by atoms with E-state index in [1.807, 2.05) is 0 Å². The third kappa shape index (κ3) is 3.17. The molecule has 4 heterocycles. The Kier molecular flexibility index (Phi) is 5.42. The number of aromatic amines is 1. The summed E-state index contributed by atoms with van der Waals surface area (Å²) in [7, 11) is 0. The van der Waals surface area contributed by atoms with Crippen LogP contribution in [0.1, 0.15) is 41.9 Å². The van der Waals surface area contributed by atoms with Crippen molar-refractivity contribution < 1.29 is 4.79 Å². The van der Waals surface area contributed by atoms with Gasteiger partial charge in [0.05, 0.1) is 5.69 Å². The number of H-pyrrole nitrogens is 1. The highest BCUT2D eigenvalue weighted by Crippen LogP contribution is 2.38. The van der Waals surface area contributed by atoms with Crippen LogP contribution in [0.5, 0.6) is 0 Å². The van der Waals surface area contributed by atoms with Crippen LogP contribution in [0, 0.1) is 18.8 Å². The smallest absolute Gasteiger partial charge is 0.273 e. The minimum absolute atomic E-state index is 0. The number of halogens is 1. The molecule has 8 heteroatoms. The number of aryl methyl sites for hydroxylation is 1. The normalized spacial score (nSPS) is 32.5. The Morgan fingerprint density at radius 3 is 2.92 bits per heavy atom. The van der Waals surface area contributed by atoms with Gasteiger partial charge >= 0.3 is 0 Å². The number of nitrogens with zero attached hydrogens (tertiary/aromatic N) is 3. The standard InChI is InChI=1S/C16H26N6O.ClH/c1-10-15(20-21-19-10)16(23)18-9-14-12-6-11(7-17-8-12)13-4-2-3-5-22(13)14;/h11-14,17H,2-9H2,1H3,(H,18,23)(H,19,20,21);1H/t11-,12+,13+,14+;/m1./s1. The van der Waals surface area contributed by atoms with E-state index in [-0.39, 0.29) is 18.3 Å². The molecule has 0 radical (unpaired) electrons. The molecule has 0 unspecified atom stereocenters. The molecule has 4 atom stereocenters. The van der Waals surface area contributed by atoms with Crippen molar-refractivity contribution in [3.8, 4) is 0 Å². The molecule has 7 nitrogen and oxygen atoms in total. The second-order valence-corrected chi connectivity index (χ2v) is 7.25. The summed E-state index contributed by atoms with van der Waals surface area (Å²) in [4.78, 5) is 15.0. The molecule has 2 bridgehead atoms. The maximum atomic E-state index is 12.3. The van der Waals surface area contributed by atoms with Crippen LogP contribution in [0.25, 0.3) is 0 Å². The van der Waals surface area contributed by atoms with Crippen LogP contribution < -0.4 is 10.6 Å². The minimum atomic E-state index is -0.115. The second kappa shape index (κ2) is 7.37. The highest BCUT2D eigenvalue weighted by molar-refractivity contribution is 5.93. The van der Waals surface area contributed by atoms with Crippen LogP contribution in [0.2, 0.25) is 0 Å². The van der Waals surface area contributed by atoms with Gasteiger partial charge in [-0.2, -0.15) is 15.4 Å². The van der Waals surface area contributed by atoms with Crippen molar-refractivity contribution in [1.29, 1.82) is 0 Å². The van der Waals surface area contributed by atoms with Crippen molar-refractivity contribution in [3.63, 3.8) is 0 Å². The molecule has 0 saturated carbocycles. The van der Waals surface area contributed by atoms with Crippen molar-refractivity contribution in [2.24, 2.45) is 11.8 Å². The van der Waals surface area contributed by atoms with E-state index in [2.05, 4.69) is 30.9 Å². The van der Waals surface area contributed by atoms with Gasteiger partial charge in [0.25, 0.3) is 5.91 Å². The van der Waals surface area contributed by atoms with Crippen molar-refractivity contribution >= 4 is 18.3 Å². The molecule has 3 saturated heterocycles. The molecule has 3 aliphatic heterocycles. The average Bonchev–Trinajstić information content (AvgIpc) is 3.01. The van der Waals surface area contributed by atoms with Gasteiger partial charge in [0, 0.05) is 18.6 Å². The monoisotopic (exact) mass is 354 g/mol. The van der Waals surface area contributed by atoms with E-state index in [1.165, 1.54) is 32.2 Å². The Hall–Kier alpha value is -1.18. The van der Waals surface area contributed by atoms with E-state index in [1.54, 1.807) is 6.92 Å². The number of nitrogens with one attached hydrogen (secondary N) is 3. The number of hydrogen-bond donors (Lipinski definition) is 3. The molecular weight excluding hydrogens is 328 g/mol. The molecule has 4 rings (SSSR count). The van der Waals surface area contributed by atoms with E-state index in [0.717, 1.165) is 19.0 Å². The molecule has 3 fully saturated rings. The molecule has 0 aromatic carbocycles. The molecule has 0 spiro atoms. The van der Waals surface area contributed by atoms with Gasteiger partial charge in [-0.15, -0.1) is 12.4 Å². The number of carbonyl (C=O) groups is 1. The number of rotatable bonds is 3. The number of hydrogen-bond acceptors (Lipinski definition) is 5. The van der Waals surface area contributed by atoms with Gasteiger partial charge < -0.3 is 10.6 Å². The summed E-state index contributed by atoms with van der Waals surface area (Å²) < 4.78 is 0. The molecule has 1 aromatic rings. The van der Waals surface area contributed by atoms with Gasteiger partial charge in [-0.05, 0) is 57.7 Å². The zero-order valence-electron chi connectivity index (χ0n) is 14.1. The SMILES string of the molecule is Cc1n[nH]nc1C(=O)NC[C@H]1[C@@H]2CNC[C@@H](C2)[C@@H]2CCCCN21.Cl. The first-order chi connectivity index (χ1) is 11.2. The summed E-state index contributed by atoms with van der Waals surface area (Å²) in [5.41, 5.74) is 1.07.